The largest absolute Gasteiger partial charge is 0.397 e. The van der Waals surface area contributed by atoms with Gasteiger partial charge in [-0.25, -0.2) is 8.42 Å². The zero-order valence-electron chi connectivity index (χ0n) is 11.0. The van der Waals surface area contributed by atoms with E-state index in [2.05, 4.69) is 0 Å². The summed E-state index contributed by atoms with van der Waals surface area (Å²) >= 11 is 0. The quantitative estimate of drug-likeness (QED) is 0.860. The van der Waals surface area contributed by atoms with Gasteiger partial charge in [-0.1, -0.05) is 31.4 Å². The number of hydrogen-bond acceptors (Lipinski definition) is 3. The molecule has 0 radical (unpaired) electrons. The number of anilines is 2. The van der Waals surface area contributed by atoms with Crippen molar-refractivity contribution in [2.24, 2.45) is 5.92 Å². The van der Waals surface area contributed by atoms with E-state index in [0.29, 0.717) is 18.2 Å². The molecule has 0 bridgehead atoms. The molecule has 1 aliphatic carbocycles. The van der Waals surface area contributed by atoms with Crippen LogP contribution in [0.3, 0.4) is 0 Å². The number of nitrogen functional groups attached to an aromatic ring is 1. The van der Waals surface area contributed by atoms with Gasteiger partial charge in [0.2, 0.25) is 10.0 Å². The topological polar surface area (TPSA) is 63.4 Å². The molecule has 19 heavy (non-hydrogen) atoms. The second-order valence-electron chi connectivity index (χ2n) is 5.58. The van der Waals surface area contributed by atoms with Crippen LogP contribution in [0.5, 0.6) is 0 Å². The fourth-order valence-electron chi connectivity index (χ4n) is 2.94. The molecule has 0 atom stereocenters. The minimum absolute atomic E-state index is 0.255. The van der Waals surface area contributed by atoms with Gasteiger partial charge in [0, 0.05) is 6.54 Å². The lowest BCUT2D eigenvalue weighted by Crippen LogP contribution is -2.33. The number of sulfonamides is 1. The molecule has 0 amide bonds. The van der Waals surface area contributed by atoms with E-state index in [0.717, 1.165) is 24.1 Å². The monoisotopic (exact) mass is 280 g/mol. The van der Waals surface area contributed by atoms with Gasteiger partial charge in [-0.05, 0) is 30.4 Å². The van der Waals surface area contributed by atoms with Crippen LogP contribution in [0.4, 0.5) is 11.4 Å². The molecule has 1 aromatic rings. The van der Waals surface area contributed by atoms with Crippen molar-refractivity contribution >= 4 is 21.4 Å². The summed E-state index contributed by atoms with van der Waals surface area (Å²) in [5.74, 6) is 0.871. The van der Waals surface area contributed by atoms with Crippen molar-refractivity contribution in [2.75, 3.05) is 22.3 Å². The summed E-state index contributed by atoms with van der Waals surface area (Å²) in [7, 11) is -3.21. The van der Waals surface area contributed by atoms with Crippen LogP contribution in [0.25, 0.3) is 0 Å². The smallest absolute Gasteiger partial charge is 0.235 e. The van der Waals surface area contributed by atoms with Crippen molar-refractivity contribution < 1.29 is 8.42 Å². The molecule has 104 valence electrons. The highest BCUT2D eigenvalue weighted by molar-refractivity contribution is 7.92. The highest BCUT2D eigenvalue weighted by Gasteiger charge is 2.31. The first-order valence-corrected chi connectivity index (χ1v) is 8.56. The maximum absolute atomic E-state index is 12.5. The van der Waals surface area contributed by atoms with Gasteiger partial charge in [0.15, 0.2) is 0 Å². The minimum atomic E-state index is -3.21. The molecule has 1 aromatic carbocycles. The van der Waals surface area contributed by atoms with E-state index in [1.54, 1.807) is 6.07 Å². The number of benzene rings is 1. The summed E-state index contributed by atoms with van der Waals surface area (Å²) in [6.07, 6.45) is 5.19. The zero-order chi connectivity index (χ0) is 13.5. The molecule has 2 N–H and O–H groups in total. The normalized spacial score (nSPS) is 19.3. The van der Waals surface area contributed by atoms with Crippen molar-refractivity contribution in [1.29, 1.82) is 0 Å². The van der Waals surface area contributed by atoms with Gasteiger partial charge >= 0.3 is 0 Å². The lowest BCUT2D eigenvalue weighted by Gasteiger charge is -2.27. The second-order valence-corrected chi connectivity index (χ2v) is 7.59. The molecular formula is C14H20N2O2S. The summed E-state index contributed by atoms with van der Waals surface area (Å²) in [4.78, 5) is 0. The van der Waals surface area contributed by atoms with E-state index in [1.165, 1.54) is 23.6 Å². The Morgan fingerprint density at radius 1 is 1.32 bits per heavy atom. The molecule has 2 aliphatic rings. The van der Waals surface area contributed by atoms with Gasteiger partial charge in [-0.3, -0.25) is 4.31 Å². The molecule has 1 heterocycles. The highest BCUT2D eigenvalue weighted by Crippen LogP contribution is 2.36. The molecule has 3 rings (SSSR count). The molecule has 1 fully saturated rings. The van der Waals surface area contributed by atoms with Gasteiger partial charge in [-0.2, -0.15) is 0 Å². The Bertz CT molecular complexity index is 579. The summed E-state index contributed by atoms with van der Waals surface area (Å²) in [5.41, 5.74) is 8.28. The van der Waals surface area contributed by atoms with E-state index >= 15 is 0 Å². The van der Waals surface area contributed by atoms with Crippen LogP contribution in [0.1, 0.15) is 31.2 Å². The van der Waals surface area contributed by atoms with E-state index < -0.39 is 10.0 Å². The predicted octanol–water partition coefficient (Wildman–Crippen LogP) is 2.15. The van der Waals surface area contributed by atoms with Crippen molar-refractivity contribution in [3.8, 4) is 0 Å². The van der Waals surface area contributed by atoms with Gasteiger partial charge in [0.25, 0.3) is 0 Å². The minimum Gasteiger partial charge on any atom is -0.397 e. The standard InChI is InChI=1S/C14H20N2O2S/c15-13-6-2-5-12-7-9-16(14(12)13)19(17,18)10-8-11-3-1-4-11/h2,5-6,11H,1,3-4,7-10,15H2. The lowest BCUT2D eigenvalue weighted by atomic mass is 9.84. The van der Waals surface area contributed by atoms with Crippen LogP contribution in [-0.4, -0.2) is 20.7 Å². The Kier molecular flexibility index (Phi) is 3.17. The first-order valence-electron chi connectivity index (χ1n) is 6.96. The molecule has 0 spiro atoms. The third kappa shape index (κ3) is 2.31. The molecule has 5 heteroatoms. The average molecular weight is 280 g/mol. The number of nitrogens with zero attached hydrogens (tertiary/aromatic N) is 1. The maximum atomic E-state index is 12.5. The average Bonchev–Trinajstić information content (AvgIpc) is 2.72. The van der Waals surface area contributed by atoms with Crippen LogP contribution in [0, 0.1) is 5.92 Å². The first-order chi connectivity index (χ1) is 9.08. The summed E-state index contributed by atoms with van der Waals surface area (Å²) in [5, 5.41) is 0. The van der Waals surface area contributed by atoms with E-state index in [-0.39, 0.29) is 5.75 Å². The van der Waals surface area contributed by atoms with Crippen LogP contribution in [0.2, 0.25) is 0 Å². The number of nitrogens with two attached hydrogens (primary N) is 1. The molecule has 0 aromatic heterocycles. The molecular weight excluding hydrogens is 260 g/mol. The molecule has 0 saturated heterocycles. The van der Waals surface area contributed by atoms with E-state index in [4.69, 9.17) is 5.73 Å². The number of para-hydroxylation sites is 1. The van der Waals surface area contributed by atoms with Crippen molar-refractivity contribution in [2.45, 2.75) is 32.1 Å². The number of fused-ring (bicyclic) bond motifs is 1. The summed E-state index contributed by atoms with van der Waals surface area (Å²) in [6.45, 7) is 0.538. The van der Waals surface area contributed by atoms with Crippen LogP contribution < -0.4 is 10.0 Å². The SMILES string of the molecule is Nc1cccc2c1N(S(=O)(=O)CCC1CCC1)CC2. The van der Waals surface area contributed by atoms with Crippen molar-refractivity contribution in [3.63, 3.8) is 0 Å². The molecule has 0 unspecified atom stereocenters. The zero-order valence-corrected chi connectivity index (χ0v) is 11.8. The molecule has 1 aliphatic heterocycles. The van der Waals surface area contributed by atoms with Gasteiger partial charge < -0.3 is 5.73 Å². The highest BCUT2D eigenvalue weighted by atomic mass is 32.2. The third-order valence-corrected chi connectivity index (χ3v) is 6.12. The van der Waals surface area contributed by atoms with Gasteiger partial charge in [0.1, 0.15) is 0 Å². The predicted molar refractivity (Wildman–Crippen MR) is 77.6 cm³/mol. The van der Waals surface area contributed by atoms with Gasteiger partial charge in [0.05, 0.1) is 17.1 Å². The summed E-state index contributed by atoms with van der Waals surface area (Å²) < 4.78 is 26.4. The maximum Gasteiger partial charge on any atom is 0.235 e. The summed E-state index contributed by atoms with van der Waals surface area (Å²) in [6, 6.07) is 5.63. The lowest BCUT2D eigenvalue weighted by molar-refractivity contribution is 0.307. The van der Waals surface area contributed by atoms with Crippen LogP contribution in [-0.2, 0) is 16.4 Å². The number of rotatable bonds is 4. The first kappa shape index (κ1) is 12.8. The van der Waals surface area contributed by atoms with Crippen molar-refractivity contribution in [3.05, 3.63) is 23.8 Å². The van der Waals surface area contributed by atoms with Crippen LogP contribution >= 0.6 is 0 Å². The van der Waals surface area contributed by atoms with Gasteiger partial charge in [-0.15, -0.1) is 0 Å². The third-order valence-electron chi connectivity index (χ3n) is 4.33. The Labute approximate surface area is 114 Å². The Balaban J connectivity index is 1.79. The Morgan fingerprint density at radius 2 is 2.11 bits per heavy atom. The van der Waals surface area contributed by atoms with E-state index in [1.807, 2.05) is 12.1 Å². The fraction of sp³-hybridized carbons (Fsp3) is 0.571. The Hall–Kier alpha value is -1.23. The van der Waals surface area contributed by atoms with E-state index in [9.17, 15) is 8.42 Å². The number of hydrogen-bond donors (Lipinski definition) is 1. The Morgan fingerprint density at radius 3 is 2.79 bits per heavy atom. The van der Waals surface area contributed by atoms with Crippen molar-refractivity contribution in [1.82, 2.24) is 0 Å². The fourth-order valence-corrected chi connectivity index (χ4v) is 4.66. The molecule has 4 nitrogen and oxygen atoms in total. The molecule has 1 saturated carbocycles. The van der Waals surface area contributed by atoms with Crippen LogP contribution in [0.15, 0.2) is 18.2 Å². The second kappa shape index (κ2) is 4.71.